The number of para-hydroxylation sites is 1. The van der Waals surface area contributed by atoms with Crippen LogP contribution in [0.15, 0.2) is 42.5 Å². The highest BCUT2D eigenvalue weighted by Gasteiger charge is 2.21. The third-order valence-corrected chi connectivity index (χ3v) is 3.57. The molecule has 2 aromatic carbocycles. The zero-order valence-corrected chi connectivity index (χ0v) is 14.9. The summed E-state index contributed by atoms with van der Waals surface area (Å²) in [6.07, 6.45) is -1.18. The average Bonchev–Trinajstić information content (AvgIpc) is 2.68. The molecule has 0 aromatic heterocycles. The van der Waals surface area contributed by atoms with Crippen LogP contribution in [0.1, 0.15) is 22.8 Å². The van der Waals surface area contributed by atoms with Crippen LogP contribution in [0.3, 0.4) is 0 Å². The van der Waals surface area contributed by atoms with E-state index in [2.05, 4.69) is 10.1 Å². The minimum absolute atomic E-state index is 0.0180. The number of amides is 1. The number of anilines is 1. The van der Waals surface area contributed by atoms with Crippen LogP contribution in [0.5, 0.6) is 11.5 Å². The van der Waals surface area contributed by atoms with E-state index in [0.29, 0.717) is 0 Å². The van der Waals surface area contributed by atoms with E-state index in [4.69, 9.17) is 14.7 Å². The second-order valence-corrected chi connectivity index (χ2v) is 5.44. The molecule has 1 N–H and O–H groups in total. The smallest absolute Gasteiger partial charge is 0.387 e. The molecule has 1 amide bonds. The number of nitriles is 1. The fraction of sp³-hybridized carbons (Fsp3) is 0.211. The van der Waals surface area contributed by atoms with Crippen molar-refractivity contribution in [2.45, 2.75) is 19.6 Å². The van der Waals surface area contributed by atoms with Crippen molar-refractivity contribution in [1.29, 1.82) is 5.26 Å². The van der Waals surface area contributed by atoms with Gasteiger partial charge >= 0.3 is 12.6 Å². The number of alkyl halides is 2. The Labute approximate surface area is 159 Å². The number of hydrogen-bond acceptors (Lipinski definition) is 6. The van der Waals surface area contributed by atoms with Crippen LogP contribution >= 0.6 is 0 Å². The number of ether oxygens (including phenoxy) is 3. The van der Waals surface area contributed by atoms with Crippen molar-refractivity contribution in [2.75, 3.05) is 12.4 Å². The maximum absolute atomic E-state index is 12.4. The summed E-state index contributed by atoms with van der Waals surface area (Å²) in [5.41, 5.74) is 0.525. The summed E-state index contributed by atoms with van der Waals surface area (Å²) < 4.78 is 39.0. The number of methoxy groups -OCH3 is 1. The highest BCUT2D eigenvalue weighted by Crippen LogP contribution is 2.29. The maximum Gasteiger partial charge on any atom is 0.387 e. The number of esters is 1. The lowest BCUT2D eigenvalue weighted by Gasteiger charge is -2.15. The lowest BCUT2D eigenvalue weighted by atomic mass is 10.2. The van der Waals surface area contributed by atoms with Crippen LogP contribution in [0.4, 0.5) is 14.5 Å². The molecular weight excluding hydrogens is 374 g/mol. The van der Waals surface area contributed by atoms with Crippen molar-refractivity contribution in [2.24, 2.45) is 0 Å². The van der Waals surface area contributed by atoms with Crippen molar-refractivity contribution >= 4 is 17.6 Å². The van der Waals surface area contributed by atoms with E-state index < -0.39 is 24.6 Å². The van der Waals surface area contributed by atoms with Gasteiger partial charge in [0.05, 0.1) is 23.9 Å². The van der Waals surface area contributed by atoms with E-state index in [1.165, 1.54) is 32.2 Å². The first-order chi connectivity index (χ1) is 13.3. The molecule has 7 nitrogen and oxygen atoms in total. The standard InChI is InChI=1S/C19H16F2N2O5/c1-11(17(24)23-14-6-4-3-5-13(14)10-22)27-18(25)12-7-8-15(28-19(20)21)16(9-12)26-2/h3-9,11,19H,1-2H3,(H,23,24)/t11-/m1/s1. The van der Waals surface area contributed by atoms with E-state index in [1.54, 1.807) is 12.1 Å². The molecule has 0 aliphatic carbocycles. The number of rotatable bonds is 7. The minimum Gasteiger partial charge on any atom is -0.493 e. The van der Waals surface area contributed by atoms with Crippen LogP contribution < -0.4 is 14.8 Å². The first kappa shape index (κ1) is 20.6. The van der Waals surface area contributed by atoms with Gasteiger partial charge in [-0.2, -0.15) is 14.0 Å². The van der Waals surface area contributed by atoms with Gasteiger partial charge in [0.1, 0.15) is 6.07 Å². The van der Waals surface area contributed by atoms with Crippen LogP contribution in [-0.2, 0) is 9.53 Å². The molecule has 9 heteroatoms. The minimum atomic E-state index is -3.05. The summed E-state index contributed by atoms with van der Waals surface area (Å²) in [4.78, 5) is 24.5. The number of nitrogens with one attached hydrogen (secondary N) is 1. The van der Waals surface area contributed by atoms with Gasteiger partial charge in [-0.3, -0.25) is 4.79 Å². The van der Waals surface area contributed by atoms with Gasteiger partial charge in [0.2, 0.25) is 0 Å². The summed E-state index contributed by atoms with van der Waals surface area (Å²) in [7, 11) is 1.23. The van der Waals surface area contributed by atoms with Crippen LogP contribution in [-0.4, -0.2) is 31.7 Å². The highest BCUT2D eigenvalue weighted by molar-refractivity contribution is 5.98. The van der Waals surface area contributed by atoms with Gasteiger partial charge in [0, 0.05) is 0 Å². The molecule has 0 bridgehead atoms. The summed E-state index contributed by atoms with van der Waals surface area (Å²) >= 11 is 0. The van der Waals surface area contributed by atoms with Crippen molar-refractivity contribution in [3.05, 3.63) is 53.6 Å². The third kappa shape index (κ3) is 5.17. The summed E-state index contributed by atoms with van der Waals surface area (Å²) in [6, 6.07) is 11.8. The Hall–Kier alpha value is -3.67. The van der Waals surface area contributed by atoms with Crippen LogP contribution in [0, 0.1) is 11.3 Å². The maximum atomic E-state index is 12.4. The Morgan fingerprint density at radius 2 is 1.86 bits per heavy atom. The van der Waals surface area contributed by atoms with E-state index in [-0.39, 0.29) is 28.3 Å². The van der Waals surface area contributed by atoms with Crippen molar-refractivity contribution in [3.8, 4) is 17.6 Å². The Balaban J connectivity index is 2.07. The van der Waals surface area contributed by atoms with Crippen molar-refractivity contribution in [1.82, 2.24) is 0 Å². The van der Waals surface area contributed by atoms with E-state index >= 15 is 0 Å². The Bertz CT molecular complexity index is 911. The van der Waals surface area contributed by atoms with Gasteiger partial charge in [-0.25, -0.2) is 4.79 Å². The van der Waals surface area contributed by atoms with E-state index in [1.807, 2.05) is 6.07 Å². The summed E-state index contributed by atoms with van der Waals surface area (Å²) in [5.74, 6) is -1.83. The molecule has 0 heterocycles. The Kier molecular flexibility index (Phi) is 6.87. The molecule has 2 rings (SSSR count). The molecular formula is C19H16F2N2O5. The second-order valence-electron chi connectivity index (χ2n) is 5.44. The predicted molar refractivity (Wildman–Crippen MR) is 94.3 cm³/mol. The van der Waals surface area contributed by atoms with Gasteiger partial charge in [0.25, 0.3) is 5.91 Å². The number of carbonyl (C=O) groups is 2. The Morgan fingerprint density at radius 1 is 1.14 bits per heavy atom. The normalized spacial score (nSPS) is 11.3. The zero-order chi connectivity index (χ0) is 20.7. The van der Waals surface area contributed by atoms with Gasteiger partial charge in [0.15, 0.2) is 17.6 Å². The fourth-order valence-corrected chi connectivity index (χ4v) is 2.19. The molecule has 0 fully saturated rings. The van der Waals surface area contributed by atoms with Gasteiger partial charge in [-0.1, -0.05) is 12.1 Å². The Morgan fingerprint density at radius 3 is 2.50 bits per heavy atom. The molecule has 0 aliphatic rings. The summed E-state index contributed by atoms with van der Waals surface area (Å²) in [6.45, 7) is -1.69. The van der Waals surface area contributed by atoms with Gasteiger partial charge < -0.3 is 19.5 Å². The third-order valence-electron chi connectivity index (χ3n) is 3.57. The average molecular weight is 390 g/mol. The molecule has 0 unspecified atom stereocenters. The van der Waals surface area contributed by atoms with E-state index in [0.717, 1.165) is 12.1 Å². The number of benzene rings is 2. The number of nitrogens with zero attached hydrogens (tertiary/aromatic N) is 1. The second kappa shape index (κ2) is 9.32. The number of halogens is 2. The molecule has 0 saturated carbocycles. The lowest BCUT2D eigenvalue weighted by molar-refractivity contribution is -0.123. The quantitative estimate of drug-likeness (QED) is 0.728. The molecule has 2 aromatic rings. The molecule has 28 heavy (non-hydrogen) atoms. The topological polar surface area (TPSA) is 97.6 Å². The first-order valence-electron chi connectivity index (χ1n) is 7.99. The molecule has 146 valence electrons. The van der Waals surface area contributed by atoms with Crippen LogP contribution in [0.25, 0.3) is 0 Å². The lowest BCUT2D eigenvalue weighted by Crippen LogP contribution is -2.30. The molecule has 0 aliphatic heterocycles. The number of carbonyl (C=O) groups excluding carboxylic acids is 2. The fourth-order valence-electron chi connectivity index (χ4n) is 2.19. The van der Waals surface area contributed by atoms with Gasteiger partial charge in [-0.05, 0) is 37.3 Å². The number of hydrogen-bond donors (Lipinski definition) is 1. The SMILES string of the molecule is COc1cc(C(=O)O[C@H](C)C(=O)Nc2ccccc2C#N)ccc1OC(F)F. The monoisotopic (exact) mass is 390 g/mol. The predicted octanol–water partition coefficient (Wildman–Crippen LogP) is 3.35. The largest absolute Gasteiger partial charge is 0.493 e. The molecule has 0 saturated heterocycles. The van der Waals surface area contributed by atoms with Gasteiger partial charge in [-0.15, -0.1) is 0 Å². The first-order valence-corrected chi connectivity index (χ1v) is 7.99. The van der Waals surface area contributed by atoms with E-state index in [9.17, 15) is 18.4 Å². The molecule has 0 radical (unpaired) electrons. The summed E-state index contributed by atoms with van der Waals surface area (Å²) in [5, 5.41) is 11.5. The highest BCUT2D eigenvalue weighted by atomic mass is 19.3. The van der Waals surface area contributed by atoms with Crippen molar-refractivity contribution in [3.63, 3.8) is 0 Å². The van der Waals surface area contributed by atoms with Crippen LogP contribution in [0.2, 0.25) is 0 Å². The zero-order valence-electron chi connectivity index (χ0n) is 14.9. The molecule has 1 atom stereocenters. The van der Waals surface area contributed by atoms with Crippen molar-refractivity contribution < 1.29 is 32.6 Å². The molecule has 0 spiro atoms.